The fraction of sp³-hybridized carbons (Fsp3) is 0.250. The average molecular weight is 510 g/mol. The number of ether oxygens (including phenoxy) is 2. The van der Waals surface area contributed by atoms with Crippen LogP contribution in [0.5, 0.6) is 5.75 Å². The van der Waals surface area contributed by atoms with E-state index in [9.17, 15) is 9.59 Å². The Morgan fingerprint density at radius 3 is 2.61 bits per heavy atom. The quantitative estimate of drug-likeness (QED) is 0.216. The van der Waals surface area contributed by atoms with Gasteiger partial charge in [-0.25, -0.2) is 4.98 Å². The maximum Gasteiger partial charge on any atom is 0.319 e. The first-order chi connectivity index (χ1) is 13.4. The maximum atomic E-state index is 13.3. The number of rotatable bonds is 6. The minimum absolute atomic E-state index is 0.188. The topological polar surface area (TPSA) is 70.4 Å². The molecule has 1 heterocycles. The molecule has 0 saturated heterocycles. The van der Waals surface area contributed by atoms with E-state index in [1.54, 1.807) is 45.2 Å². The van der Waals surface area contributed by atoms with Crippen molar-refractivity contribution < 1.29 is 14.3 Å². The third-order valence-corrected chi connectivity index (χ3v) is 5.73. The number of nitrogens with zero attached hydrogens (tertiary/aromatic N) is 2. The lowest BCUT2D eigenvalue weighted by Crippen LogP contribution is -2.24. The Hall–Kier alpha value is -2.07. The smallest absolute Gasteiger partial charge is 0.319 e. The third-order valence-electron chi connectivity index (χ3n) is 4.03. The number of hydrogen-bond donors (Lipinski definition) is 0. The molecule has 1 aromatic heterocycles. The summed E-state index contributed by atoms with van der Waals surface area (Å²) in [6, 6.07) is 12.7. The van der Waals surface area contributed by atoms with Crippen molar-refractivity contribution in [2.24, 2.45) is 0 Å². The molecule has 0 aliphatic rings. The molecular weight excluding hydrogens is 491 g/mol. The Morgan fingerprint density at radius 1 is 1.25 bits per heavy atom. The molecule has 2 aromatic carbocycles. The van der Waals surface area contributed by atoms with Crippen LogP contribution in [0.15, 0.2) is 52.4 Å². The summed E-state index contributed by atoms with van der Waals surface area (Å²) in [5.41, 5.74) is 1.05. The van der Waals surface area contributed by atoms with E-state index in [4.69, 9.17) is 9.47 Å². The van der Waals surface area contributed by atoms with E-state index in [1.807, 2.05) is 18.2 Å². The van der Waals surface area contributed by atoms with Gasteiger partial charge in [0.05, 0.1) is 30.3 Å². The van der Waals surface area contributed by atoms with Crippen LogP contribution in [0.2, 0.25) is 0 Å². The molecule has 0 bridgehead atoms. The van der Waals surface area contributed by atoms with Crippen molar-refractivity contribution in [3.05, 3.63) is 56.4 Å². The summed E-state index contributed by atoms with van der Waals surface area (Å²) < 4.78 is 12.8. The molecule has 146 valence electrons. The molecule has 0 N–H and O–H groups in total. The molecule has 3 rings (SSSR count). The molecule has 1 atom stereocenters. The van der Waals surface area contributed by atoms with Crippen LogP contribution < -0.4 is 10.3 Å². The van der Waals surface area contributed by atoms with Crippen LogP contribution in [0.4, 0.5) is 0 Å². The third kappa shape index (κ3) is 4.33. The summed E-state index contributed by atoms with van der Waals surface area (Å²) in [6.07, 6.45) is 0. The summed E-state index contributed by atoms with van der Waals surface area (Å²) in [7, 11) is 1.59. The van der Waals surface area contributed by atoms with Gasteiger partial charge in [0, 0.05) is 3.57 Å². The highest BCUT2D eigenvalue weighted by molar-refractivity contribution is 14.1. The number of aromatic nitrogens is 2. The molecule has 28 heavy (non-hydrogen) atoms. The first kappa shape index (κ1) is 20.7. The van der Waals surface area contributed by atoms with Gasteiger partial charge < -0.3 is 9.47 Å². The van der Waals surface area contributed by atoms with Crippen molar-refractivity contribution in [2.75, 3.05) is 13.7 Å². The van der Waals surface area contributed by atoms with Crippen molar-refractivity contribution >= 4 is 51.2 Å². The number of carbonyl (C=O) groups is 1. The predicted molar refractivity (Wildman–Crippen MR) is 119 cm³/mol. The van der Waals surface area contributed by atoms with Gasteiger partial charge in [-0.1, -0.05) is 11.8 Å². The van der Waals surface area contributed by atoms with Crippen LogP contribution in [0.25, 0.3) is 16.6 Å². The second-order valence-corrected chi connectivity index (χ2v) is 8.46. The van der Waals surface area contributed by atoms with E-state index in [2.05, 4.69) is 27.6 Å². The van der Waals surface area contributed by atoms with Gasteiger partial charge in [-0.3, -0.25) is 14.2 Å². The number of carbonyl (C=O) groups excluding carboxylic acids is 1. The molecule has 8 heteroatoms. The van der Waals surface area contributed by atoms with Crippen molar-refractivity contribution in [3.63, 3.8) is 0 Å². The zero-order chi connectivity index (χ0) is 20.3. The van der Waals surface area contributed by atoms with Gasteiger partial charge in [-0.15, -0.1) is 0 Å². The van der Waals surface area contributed by atoms with Gasteiger partial charge in [0.15, 0.2) is 5.16 Å². The molecule has 0 spiro atoms. The molecule has 6 nitrogen and oxygen atoms in total. The maximum absolute atomic E-state index is 13.3. The summed E-state index contributed by atoms with van der Waals surface area (Å²) in [5.74, 6) is 0.347. The lowest BCUT2D eigenvalue weighted by molar-refractivity contribution is -0.142. The molecular formula is C20H19IN2O4S. The molecule has 0 radical (unpaired) electrons. The highest BCUT2D eigenvalue weighted by Gasteiger charge is 2.21. The van der Waals surface area contributed by atoms with Crippen LogP contribution >= 0.6 is 34.4 Å². The SMILES string of the molecule is CCOC(=O)[C@H](C)Sc1nc2ccc(I)cc2c(=O)n1-c1ccc(OC)cc1. The van der Waals surface area contributed by atoms with Crippen molar-refractivity contribution in [1.82, 2.24) is 9.55 Å². The highest BCUT2D eigenvalue weighted by atomic mass is 127. The Morgan fingerprint density at radius 2 is 1.96 bits per heavy atom. The molecule has 0 aliphatic carbocycles. The molecule has 0 saturated carbocycles. The number of halogens is 1. The summed E-state index contributed by atoms with van der Waals surface area (Å²) in [5, 5.41) is 0.456. The lowest BCUT2D eigenvalue weighted by Gasteiger charge is -2.16. The van der Waals surface area contributed by atoms with Gasteiger partial charge in [0.2, 0.25) is 0 Å². The van der Waals surface area contributed by atoms with E-state index < -0.39 is 5.25 Å². The fourth-order valence-corrected chi connectivity index (χ4v) is 4.06. The van der Waals surface area contributed by atoms with Gasteiger partial charge in [0.25, 0.3) is 5.56 Å². The van der Waals surface area contributed by atoms with Crippen molar-refractivity contribution in [1.29, 1.82) is 0 Å². The minimum atomic E-state index is -0.502. The summed E-state index contributed by atoms with van der Waals surface area (Å²) >= 11 is 3.37. The normalized spacial score (nSPS) is 12.0. The Balaban J connectivity index is 2.18. The minimum Gasteiger partial charge on any atom is -0.497 e. The lowest BCUT2D eigenvalue weighted by atomic mass is 10.2. The molecule has 3 aromatic rings. The van der Waals surface area contributed by atoms with Gasteiger partial charge in [0.1, 0.15) is 11.0 Å². The molecule has 0 fully saturated rings. The average Bonchev–Trinajstić information content (AvgIpc) is 2.69. The molecule has 0 aliphatic heterocycles. The monoisotopic (exact) mass is 510 g/mol. The van der Waals surface area contributed by atoms with E-state index in [1.165, 1.54) is 16.3 Å². The standard InChI is InChI=1S/C20H19IN2O4S/c1-4-27-19(25)12(2)28-20-22-17-10-5-13(21)11-16(17)18(24)23(20)14-6-8-15(26-3)9-7-14/h5-12H,4H2,1-3H3/t12-/m0/s1. The number of methoxy groups -OCH3 is 1. The van der Waals surface area contributed by atoms with Crippen LogP contribution in [-0.4, -0.2) is 34.5 Å². The van der Waals surface area contributed by atoms with Gasteiger partial charge >= 0.3 is 5.97 Å². The molecule has 0 unspecified atom stereocenters. The fourth-order valence-electron chi connectivity index (χ4n) is 2.64. The van der Waals surface area contributed by atoms with E-state index in [-0.39, 0.29) is 11.5 Å². The van der Waals surface area contributed by atoms with Crippen LogP contribution in [0, 0.1) is 3.57 Å². The number of thioether (sulfide) groups is 1. The number of esters is 1. The Bertz CT molecular complexity index is 1070. The Labute approximate surface area is 180 Å². The van der Waals surface area contributed by atoms with Crippen molar-refractivity contribution in [2.45, 2.75) is 24.3 Å². The number of hydrogen-bond acceptors (Lipinski definition) is 6. The second-order valence-electron chi connectivity index (χ2n) is 5.91. The summed E-state index contributed by atoms with van der Waals surface area (Å²) in [4.78, 5) is 30.1. The number of fused-ring (bicyclic) bond motifs is 1. The van der Waals surface area contributed by atoms with Crippen LogP contribution in [0.1, 0.15) is 13.8 Å². The first-order valence-corrected chi connectivity index (χ1v) is 10.6. The summed E-state index contributed by atoms with van der Waals surface area (Å²) in [6.45, 7) is 3.81. The zero-order valence-electron chi connectivity index (χ0n) is 15.6. The van der Waals surface area contributed by atoms with Gasteiger partial charge in [-0.2, -0.15) is 0 Å². The van der Waals surface area contributed by atoms with Crippen LogP contribution in [-0.2, 0) is 9.53 Å². The first-order valence-electron chi connectivity index (χ1n) is 8.64. The van der Waals surface area contributed by atoms with Crippen molar-refractivity contribution in [3.8, 4) is 11.4 Å². The van der Waals surface area contributed by atoms with Gasteiger partial charge in [-0.05, 0) is 78.9 Å². The zero-order valence-corrected chi connectivity index (χ0v) is 18.6. The predicted octanol–water partition coefficient (Wildman–Crippen LogP) is 4.04. The van der Waals surface area contributed by atoms with E-state index in [0.29, 0.717) is 34.1 Å². The Kier molecular flexibility index (Phi) is 6.61. The van der Waals surface area contributed by atoms with E-state index >= 15 is 0 Å². The molecule has 0 amide bonds. The van der Waals surface area contributed by atoms with Crippen LogP contribution in [0.3, 0.4) is 0 Å². The highest BCUT2D eigenvalue weighted by Crippen LogP contribution is 2.27. The largest absolute Gasteiger partial charge is 0.497 e. The van der Waals surface area contributed by atoms with E-state index in [0.717, 1.165) is 3.57 Å². The second kappa shape index (κ2) is 8.95. The number of benzene rings is 2.